The highest BCUT2D eigenvalue weighted by Gasteiger charge is 2.38. The molecule has 0 radical (unpaired) electrons. The van der Waals surface area contributed by atoms with Crippen LogP contribution in [0.3, 0.4) is 0 Å². The maximum absolute atomic E-state index is 11.8. The van der Waals surface area contributed by atoms with E-state index in [4.69, 9.17) is 13.9 Å². The van der Waals surface area contributed by atoms with Crippen LogP contribution in [0.5, 0.6) is 5.95 Å². The topological polar surface area (TPSA) is 48.7 Å². The lowest BCUT2D eigenvalue weighted by molar-refractivity contribution is 0.0524. The quantitative estimate of drug-likeness (QED) is 0.348. The molecule has 0 aromatic carbocycles. The van der Waals surface area contributed by atoms with Crippen molar-refractivity contribution in [3.05, 3.63) is 23.8 Å². The summed E-state index contributed by atoms with van der Waals surface area (Å²) in [6.45, 7) is 11.0. The van der Waals surface area contributed by atoms with E-state index < -0.39 is 8.07 Å². The number of carbonyl (C=O) groups excluding carboxylic acids is 1. The highest BCUT2D eigenvalue weighted by atomic mass is 28.3. The molecule has 0 N–H and O–H groups in total. The first kappa shape index (κ1) is 13.9. The number of furan rings is 1. The average molecular weight is 280 g/mol. The van der Waals surface area contributed by atoms with E-state index in [0.717, 1.165) is 23.8 Å². The number of fused-ring (bicyclic) bond motifs is 1. The fourth-order valence-corrected chi connectivity index (χ4v) is 3.60. The third-order valence-corrected chi connectivity index (χ3v) is 4.76. The van der Waals surface area contributed by atoms with E-state index in [0.29, 0.717) is 24.7 Å². The Morgan fingerprint density at radius 2 is 2.16 bits per heavy atom. The molecular formula is C14H20O4Si. The predicted molar refractivity (Wildman–Crippen MR) is 75.7 cm³/mol. The van der Waals surface area contributed by atoms with Gasteiger partial charge in [0.05, 0.1) is 12.0 Å². The molecule has 1 aliphatic rings. The largest absolute Gasteiger partial charge is 0.465 e. The van der Waals surface area contributed by atoms with Gasteiger partial charge in [-0.25, -0.2) is 4.79 Å². The summed E-state index contributed by atoms with van der Waals surface area (Å²) >= 11 is 0. The zero-order valence-corrected chi connectivity index (χ0v) is 12.7. The first-order chi connectivity index (χ1) is 8.95. The van der Waals surface area contributed by atoms with Crippen LogP contribution in [-0.4, -0.2) is 20.7 Å². The smallest absolute Gasteiger partial charge is 0.346 e. The second-order valence-electron chi connectivity index (χ2n) is 5.68. The summed E-state index contributed by atoms with van der Waals surface area (Å²) in [6, 6.07) is 0. The van der Waals surface area contributed by atoms with Gasteiger partial charge in [0.15, 0.2) is 0 Å². The van der Waals surface area contributed by atoms with Crippen LogP contribution in [0.2, 0.25) is 19.6 Å². The Hall–Kier alpha value is -1.49. The number of allylic oxidation sites excluding steroid dienone is 1. The van der Waals surface area contributed by atoms with Crippen molar-refractivity contribution in [2.75, 3.05) is 6.61 Å². The molecule has 1 aliphatic heterocycles. The summed E-state index contributed by atoms with van der Waals surface area (Å²) in [6.07, 6.45) is 3.59. The highest BCUT2D eigenvalue weighted by Crippen LogP contribution is 2.32. The van der Waals surface area contributed by atoms with Gasteiger partial charge in [-0.15, -0.1) is 6.58 Å². The average Bonchev–Trinajstić information content (AvgIpc) is 2.86. The molecule has 0 atom stereocenters. The standard InChI is InChI=1S/C14H20O4Si/c1-5-6-7-8-16-13-11-10(9-17-12(11)15)14(18-13)19(2,3)4/h5H,1,6-9H2,2-4H3. The van der Waals surface area contributed by atoms with Gasteiger partial charge in [-0.05, 0) is 12.8 Å². The van der Waals surface area contributed by atoms with Crippen LogP contribution < -0.4 is 10.1 Å². The molecule has 1 aromatic rings. The molecule has 0 aliphatic carbocycles. The SMILES string of the molecule is C=CCCCOc1oc([Si](C)(C)C)c2c1C(=O)OC2. The van der Waals surface area contributed by atoms with Crippen molar-refractivity contribution in [2.45, 2.75) is 39.1 Å². The fraction of sp³-hybridized carbons (Fsp3) is 0.500. The van der Waals surface area contributed by atoms with Crippen molar-refractivity contribution < 1.29 is 18.7 Å². The van der Waals surface area contributed by atoms with E-state index in [1.54, 1.807) is 0 Å². The summed E-state index contributed by atoms with van der Waals surface area (Å²) in [5, 5.41) is 0.909. The van der Waals surface area contributed by atoms with Gasteiger partial charge >= 0.3 is 5.97 Å². The summed E-state index contributed by atoms with van der Waals surface area (Å²) < 4.78 is 16.5. The number of rotatable bonds is 6. The number of ether oxygens (including phenoxy) is 2. The Kier molecular flexibility index (Phi) is 3.85. The molecule has 0 saturated heterocycles. The van der Waals surface area contributed by atoms with Gasteiger partial charge in [0.2, 0.25) is 0 Å². The summed E-state index contributed by atoms with van der Waals surface area (Å²) in [5.74, 6) is 0.000887. The lowest BCUT2D eigenvalue weighted by Crippen LogP contribution is -2.38. The number of hydrogen-bond acceptors (Lipinski definition) is 4. The zero-order chi connectivity index (χ0) is 14.0. The van der Waals surface area contributed by atoms with Crippen LogP contribution in [0.1, 0.15) is 28.8 Å². The van der Waals surface area contributed by atoms with Gasteiger partial charge in [0.25, 0.3) is 5.95 Å². The predicted octanol–water partition coefficient (Wildman–Crippen LogP) is 2.84. The first-order valence-electron chi connectivity index (χ1n) is 6.52. The monoisotopic (exact) mass is 280 g/mol. The van der Waals surface area contributed by atoms with Crippen LogP contribution in [0.15, 0.2) is 17.1 Å². The van der Waals surface area contributed by atoms with Gasteiger partial charge in [-0.2, -0.15) is 0 Å². The van der Waals surface area contributed by atoms with E-state index in [-0.39, 0.29) is 5.97 Å². The van der Waals surface area contributed by atoms with E-state index in [1.165, 1.54) is 0 Å². The number of unbranched alkanes of at least 4 members (excludes halogenated alkanes) is 1. The molecular weight excluding hydrogens is 260 g/mol. The second kappa shape index (κ2) is 5.25. The first-order valence-corrected chi connectivity index (χ1v) is 10.0. The molecule has 2 rings (SSSR count). The number of cyclic esters (lactones) is 1. The molecule has 0 fully saturated rings. The zero-order valence-electron chi connectivity index (χ0n) is 11.7. The van der Waals surface area contributed by atoms with Crippen molar-refractivity contribution in [1.82, 2.24) is 0 Å². The van der Waals surface area contributed by atoms with Gasteiger partial charge < -0.3 is 13.9 Å². The van der Waals surface area contributed by atoms with Gasteiger partial charge in [0.1, 0.15) is 20.2 Å². The number of carbonyl (C=O) groups is 1. The summed E-state index contributed by atoms with van der Waals surface area (Å²) in [4.78, 5) is 11.8. The minimum Gasteiger partial charge on any atom is -0.465 e. The van der Waals surface area contributed by atoms with Crippen molar-refractivity contribution in [1.29, 1.82) is 0 Å². The molecule has 4 nitrogen and oxygen atoms in total. The van der Waals surface area contributed by atoms with Crippen LogP contribution in [0, 0.1) is 0 Å². The van der Waals surface area contributed by atoms with Gasteiger partial charge in [-0.1, -0.05) is 25.7 Å². The Labute approximate surface area is 114 Å². The Balaban J connectivity index is 2.24. The van der Waals surface area contributed by atoms with Crippen LogP contribution in [-0.2, 0) is 11.3 Å². The van der Waals surface area contributed by atoms with Crippen molar-refractivity contribution in [3.63, 3.8) is 0 Å². The van der Waals surface area contributed by atoms with E-state index in [1.807, 2.05) is 6.08 Å². The Morgan fingerprint density at radius 1 is 1.42 bits per heavy atom. The molecule has 1 aromatic heterocycles. The summed E-state index contributed by atoms with van der Waals surface area (Å²) in [7, 11) is -1.65. The maximum atomic E-state index is 11.8. The Bertz CT molecular complexity index is 496. The molecule has 0 unspecified atom stereocenters. The fourth-order valence-electron chi connectivity index (χ4n) is 2.10. The lowest BCUT2D eigenvalue weighted by Gasteiger charge is -2.13. The van der Waals surface area contributed by atoms with E-state index >= 15 is 0 Å². The van der Waals surface area contributed by atoms with E-state index in [2.05, 4.69) is 26.2 Å². The molecule has 0 spiro atoms. The maximum Gasteiger partial charge on any atom is 0.346 e. The molecule has 0 amide bonds. The van der Waals surface area contributed by atoms with Crippen LogP contribution in [0.4, 0.5) is 0 Å². The third kappa shape index (κ3) is 2.76. The minimum absolute atomic E-state index is 0.313. The minimum atomic E-state index is -1.65. The van der Waals surface area contributed by atoms with Crippen molar-refractivity contribution >= 4 is 19.4 Å². The Morgan fingerprint density at radius 3 is 2.79 bits per heavy atom. The molecule has 104 valence electrons. The van der Waals surface area contributed by atoms with E-state index in [9.17, 15) is 4.79 Å². The summed E-state index contributed by atoms with van der Waals surface area (Å²) in [5.41, 5.74) is 1.39. The normalized spacial score (nSPS) is 14.2. The highest BCUT2D eigenvalue weighted by molar-refractivity contribution is 6.88. The molecule has 19 heavy (non-hydrogen) atoms. The van der Waals surface area contributed by atoms with Crippen LogP contribution >= 0.6 is 0 Å². The second-order valence-corrected chi connectivity index (χ2v) is 10.6. The third-order valence-electron chi connectivity index (χ3n) is 2.99. The van der Waals surface area contributed by atoms with Gasteiger partial charge in [-0.3, -0.25) is 0 Å². The molecule has 2 heterocycles. The van der Waals surface area contributed by atoms with Gasteiger partial charge in [0, 0.05) is 5.56 Å². The number of hydrogen-bond donors (Lipinski definition) is 0. The van der Waals surface area contributed by atoms with Crippen molar-refractivity contribution in [3.8, 4) is 5.95 Å². The molecule has 5 heteroatoms. The number of esters is 1. The van der Waals surface area contributed by atoms with Crippen molar-refractivity contribution in [2.24, 2.45) is 0 Å². The molecule has 0 bridgehead atoms. The lowest BCUT2D eigenvalue weighted by atomic mass is 10.2. The van der Waals surface area contributed by atoms with Crippen LogP contribution in [0.25, 0.3) is 0 Å². The molecule has 0 saturated carbocycles.